The molecule has 1 saturated carbocycles. The van der Waals surface area contributed by atoms with E-state index in [-0.39, 0.29) is 6.10 Å². The molecule has 1 unspecified atom stereocenters. The van der Waals surface area contributed by atoms with Gasteiger partial charge in [-0.2, -0.15) is 5.11 Å². The fourth-order valence-electron chi connectivity index (χ4n) is 2.71. The molecule has 0 amide bonds. The van der Waals surface area contributed by atoms with E-state index in [1.165, 1.54) is 12.8 Å². The lowest BCUT2D eigenvalue weighted by Crippen LogP contribution is -2.10. The van der Waals surface area contributed by atoms with E-state index >= 15 is 0 Å². The fraction of sp³-hybridized carbons (Fsp3) is 0.500. The normalized spacial score (nSPS) is 21.8. The van der Waals surface area contributed by atoms with Crippen molar-refractivity contribution in [3.05, 3.63) is 28.8 Å². The van der Waals surface area contributed by atoms with Crippen LogP contribution in [0.4, 0.5) is 11.4 Å². The Morgan fingerprint density at radius 2 is 2.14 bits per heavy atom. The van der Waals surface area contributed by atoms with Gasteiger partial charge in [-0.15, -0.1) is 0 Å². The molecule has 1 fully saturated rings. The van der Waals surface area contributed by atoms with E-state index in [1.54, 1.807) is 0 Å². The van der Waals surface area contributed by atoms with Crippen molar-refractivity contribution in [2.75, 3.05) is 11.9 Å². The highest BCUT2D eigenvalue weighted by molar-refractivity contribution is 6.35. The second kappa shape index (κ2) is 6.16. The first-order valence-electron chi connectivity index (χ1n) is 7.50. The molecule has 3 N–H and O–H groups in total. The summed E-state index contributed by atoms with van der Waals surface area (Å²) in [6, 6.07) is 3.96. The molecular weight excluding hydrogens is 286 g/mol. The van der Waals surface area contributed by atoms with Gasteiger partial charge in [0.15, 0.2) is 0 Å². The molecule has 1 aromatic rings. The first-order chi connectivity index (χ1) is 10.2. The van der Waals surface area contributed by atoms with Gasteiger partial charge >= 0.3 is 0 Å². The minimum absolute atomic E-state index is 0.243. The van der Waals surface area contributed by atoms with E-state index in [0.29, 0.717) is 17.1 Å². The van der Waals surface area contributed by atoms with Gasteiger partial charge in [-0.3, -0.25) is 0 Å². The molecule has 0 heterocycles. The zero-order valence-electron chi connectivity index (χ0n) is 11.9. The third kappa shape index (κ3) is 3.27. The molecule has 0 bridgehead atoms. The lowest BCUT2D eigenvalue weighted by molar-refractivity contribution is 0.166. The summed E-state index contributed by atoms with van der Waals surface area (Å²) in [6.45, 7) is 0.924. The van der Waals surface area contributed by atoms with Gasteiger partial charge in [-0.1, -0.05) is 23.7 Å². The molecule has 2 aliphatic carbocycles. The van der Waals surface area contributed by atoms with Crippen molar-refractivity contribution in [1.82, 2.24) is 0 Å². The van der Waals surface area contributed by atoms with Gasteiger partial charge in [0.2, 0.25) is 0 Å². The molecule has 0 saturated heterocycles. The van der Waals surface area contributed by atoms with E-state index in [1.807, 2.05) is 18.2 Å². The van der Waals surface area contributed by atoms with Crippen molar-refractivity contribution in [3.8, 4) is 0 Å². The van der Waals surface area contributed by atoms with Gasteiger partial charge in [-0.05, 0) is 55.2 Å². The summed E-state index contributed by atoms with van der Waals surface area (Å²) in [5, 5.41) is 17.1. The second-order valence-electron chi connectivity index (χ2n) is 5.92. The number of aliphatic hydroxyl groups is 1. The standard InChI is InChI=1S/C16H20ClN3O/c17-15-13(11-3-5-12(21)6-4-11)7-8-14(16(15)20-18)19-9-10-1-2-10/h3,7-8,10,12,18-19,21H,1-2,4-6,9H2. The first kappa shape index (κ1) is 14.5. The number of hydrogen-bond acceptors (Lipinski definition) is 4. The van der Waals surface area contributed by atoms with Crippen LogP contribution in [-0.4, -0.2) is 17.8 Å². The zero-order valence-corrected chi connectivity index (χ0v) is 12.7. The van der Waals surface area contributed by atoms with Gasteiger partial charge in [0, 0.05) is 6.54 Å². The smallest absolute Gasteiger partial charge is 0.127 e. The lowest BCUT2D eigenvalue weighted by atomic mass is 9.91. The van der Waals surface area contributed by atoms with Crippen molar-refractivity contribution in [2.45, 2.75) is 38.2 Å². The van der Waals surface area contributed by atoms with Crippen LogP contribution >= 0.6 is 11.6 Å². The van der Waals surface area contributed by atoms with E-state index in [0.717, 1.165) is 42.1 Å². The average molecular weight is 306 g/mol. The Balaban J connectivity index is 1.86. The average Bonchev–Trinajstić information content (AvgIpc) is 3.30. The van der Waals surface area contributed by atoms with E-state index in [4.69, 9.17) is 17.1 Å². The van der Waals surface area contributed by atoms with Crippen molar-refractivity contribution in [3.63, 3.8) is 0 Å². The Morgan fingerprint density at radius 1 is 1.33 bits per heavy atom. The molecule has 5 heteroatoms. The SMILES string of the molecule is N=Nc1c(NCC2CC2)ccc(C2=CCC(O)CC2)c1Cl. The van der Waals surface area contributed by atoms with Crippen LogP contribution in [0.25, 0.3) is 5.57 Å². The minimum Gasteiger partial charge on any atom is -0.393 e. The summed E-state index contributed by atoms with van der Waals surface area (Å²) in [7, 11) is 0. The molecule has 4 nitrogen and oxygen atoms in total. The molecule has 0 radical (unpaired) electrons. The van der Waals surface area contributed by atoms with Crippen LogP contribution in [0.3, 0.4) is 0 Å². The Hall–Kier alpha value is -1.39. The first-order valence-corrected chi connectivity index (χ1v) is 7.88. The van der Waals surface area contributed by atoms with E-state index < -0.39 is 0 Å². The molecule has 0 aliphatic heterocycles. The Kier molecular flexibility index (Phi) is 4.27. The molecule has 2 aliphatic rings. The largest absolute Gasteiger partial charge is 0.393 e. The van der Waals surface area contributed by atoms with Gasteiger partial charge in [0.1, 0.15) is 5.69 Å². The second-order valence-corrected chi connectivity index (χ2v) is 6.29. The summed E-state index contributed by atoms with van der Waals surface area (Å²) in [4.78, 5) is 0. The molecule has 1 aromatic carbocycles. The highest BCUT2D eigenvalue weighted by Gasteiger charge is 2.22. The van der Waals surface area contributed by atoms with Crippen LogP contribution in [0, 0.1) is 11.4 Å². The van der Waals surface area contributed by atoms with Crippen molar-refractivity contribution < 1.29 is 5.11 Å². The molecule has 112 valence electrons. The fourth-order valence-corrected chi connectivity index (χ4v) is 3.03. The van der Waals surface area contributed by atoms with Crippen molar-refractivity contribution in [2.24, 2.45) is 11.0 Å². The third-order valence-corrected chi connectivity index (χ3v) is 4.62. The van der Waals surface area contributed by atoms with E-state index in [9.17, 15) is 5.11 Å². The van der Waals surface area contributed by atoms with Crippen LogP contribution in [0.2, 0.25) is 5.02 Å². The van der Waals surface area contributed by atoms with Crippen molar-refractivity contribution in [1.29, 1.82) is 5.53 Å². The number of nitrogens with one attached hydrogen (secondary N) is 2. The highest BCUT2D eigenvalue weighted by atomic mass is 35.5. The monoisotopic (exact) mass is 305 g/mol. The number of halogens is 1. The highest BCUT2D eigenvalue weighted by Crippen LogP contribution is 2.41. The van der Waals surface area contributed by atoms with Crippen LogP contribution in [0.5, 0.6) is 0 Å². The molecular formula is C16H20ClN3O. The van der Waals surface area contributed by atoms with Crippen LogP contribution in [0.1, 0.15) is 37.7 Å². The number of aliphatic hydroxyl groups excluding tert-OH is 1. The lowest BCUT2D eigenvalue weighted by Gasteiger charge is -2.20. The molecule has 1 atom stereocenters. The number of nitrogens with zero attached hydrogens (tertiary/aromatic N) is 1. The van der Waals surface area contributed by atoms with Gasteiger partial charge in [-0.25, -0.2) is 5.53 Å². The molecule has 0 spiro atoms. The van der Waals surface area contributed by atoms with Gasteiger partial charge in [0.05, 0.1) is 16.8 Å². The summed E-state index contributed by atoms with van der Waals surface area (Å²) in [5.74, 6) is 0.754. The summed E-state index contributed by atoms with van der Waals surface area (Å²) < 4.78 is 0. The summed E-state index contributed by atoms with van der Waals surface area (Å²) >= 11 is 6.46. The number of hydrogen-bond donors (Lipinski definition) is 3. The topological polar surface area (TPSA) is 68.5 Å². The Morgan fingerprint density at radius 3 is 2.76 bits per heavy atom. The van der Waals surface area contributed by atoms with Crippen LogP contribution in [0.15, 0.2) is 23.3 Å². The summed E-state index contributed by atoms with van der Waals surface area (Å²) in [5.41, 5.74) is 10.8. The maximum atomic E-state index is 9.58. The molecule has 21 heavy (non-hydrogen) atoms. The van der Waals surface area contributed by atoms with E-state index in [2.05, 4.69) is 10.4 Å². The Bertz CT molecular complexity index is 581. The third-order valence-electron chi connectivity index (χ3n) is 4.24. The zero-order chi connectivity index (χ0) is 14.8. The summed E-state index contributed by atoms with van der Waals surface area (Å²) in [6.07, 6.45) is 6.60. The number of anilines is 1. The number of allylic oxidation sites excluding steroid dienone is 1. The minimum atomic E-state index is -0.243. The van der Waals surface area contributed by atoms with Gasteiger partial charge < -0.3 is 10.4 Å². The van der Waals surface area contributed by atoms with Crippen LogP contribution in [-0.2, 0) is 0 Å². The molecule has 3 rings (SSSR count). The Labute approximate surface area is 129 Å². The van der Waals surface area contributed by atoms with Gasteiger partial charge in [0.25, 0.3) is 0 Å². The maximum Gasteiger partial charge on any atom is 0.127 e. The van der Waals surface area contributed by atoms with Crippen molar-refractivity contribution >= 4 is 28.5 Å². The number of benzene rings is 1. The predicted octanol–water partition coefficient (Wildman–Crippen LogP) is 4.75. The predicted molar refractivity (Wildman–Crippen MR) is 85.3 cm³/mol. The van der Waals surface area contributed by atoms with Crippen LogP contribution < -0.4 is 5.32 Å². The number of rotatable bonds is 5. The molecule has 0 aromatic heterocycles. The quantitative estimate of drug-likeness (QED) is 0.687. The maximum absolute atomic E-state index is 9.58.